The Hall–Kier alpha value is -2.76. The van der Waals surface area contributed by atoms with Crippen molar-refractivity contribution < 1.29 is 24.5 Å². The minimum absolute atomic E-state index is 0.0435. The summed E-state index contributed by atoms with van der Waals surface area (Å²) >= 11 is 0. The number of amides is 1. The average molecular weight is 582 g/mol. The highest BCUT2D eigenvalue weighted by molar-refractivity contribution is 5.95. The quantitative estimate of drug-likeness (QED) is 0.416. The zero-order chi connectivity index (χ0) is 29.9. The van der Waals surface area contributed by atoms with Crippen LogP contribution in [-0.2, 0) is 4.74 Å². The summed E-state index contributed by atoms with van der Waals surface area (Å²) in [5, 5.41) is 23.3. The molecule has 3 aliphatic rings. The van der Waals surface area contributed by atoms with Gasteiger partial charge in [-0.05, 0) is 57.4 Å². The molecule has 3 atom stereocenters. The Bertz CT molecular complexity index is 1200. The molecule has 1 saturated heterocycles. The van der Waals surface area contributed by atoms with E-state index in [1.165, 1.54) is 32.8 Å². The number of fused-ring (bicyclic) bond motifs is 1. The number of hydrogen-bond donors (Lipinski definition) is 3. The number of aliphatic hydroxyl groups excluding tert-OH is 2. The van der Waals surface area contributed by atoms with Crippen molar-refractivity contribution in [3.63, 3.8) is 0 Å². The number of aliphatic hydroxyl groups is 2. The lowest BCUT2D eigenvalue weighted by molar-refractivity contribution is -0.0785. The Morgan fingerprint density at radius 3 is 2.45 bits per heavy atom. The molecular formula is C32H47N5O5. The van der Waals surface area contributed by atoms with Crippen LogP contribution in [-0.4, -0.2) is 76.6 Å². The van der Waals surface area contributed by atoms with Gasteiger partial charge in [0.05, 0.1) is 23.5 Å². The van der Waals surface area contributed by atoms with Crippen LogP contribution in [0.1, 0.15) is 83.6 Å². The number of ether oxygens (including phenoxy) is 2. The van der Waals surface area contributed by atoms with Gasteiger partial charge in [0, 0.05) is 50.0 Å². The van der Waals surface area contributed by atoms with E-state index in [1.807, 2.05) is 13.0 Å². The fraction of sp³-hybridized carbons (Fsp3) is 0.625. The summed E-state index contributed by atoms with van der Waals surface area (Å²) in [4.78, 5) is 21.2. The summed E-state index contributed by atoms with van der Waals surface area (Å²) in [5.41, 5.74) is 5.82. The highest BCUT2D eigenvalue weighted by atomic mass is 16.6. The van der Waals surface area contributed by atoms with Gasteiger partial charge in [-0.15, -0.1) is 0 Å². The molecule has 0 bridgehead atoms. The second-order valence-corrected chi connectivity index (χ2v) is 12.7. The number of aromatic nitrogens is 1. The number of carbonyl (C=O) groups is 1. The van der Waals surface area contributed by atoms with Gasteiger partial charge in [0.2, 0.25) is 12.3 Å². The molecule has 2 aliphatic heterocycles. The van der Waals surface area contributed by atoms with Gasteiger partial charge in [0.1, 0.15) is 0 Å². The number of hydrazine groups is 1. The minimum Gasteiger partial charge on any atom is -0.394 e. The van der Waals surface area contributed by atoms with Gasteiger partial charge in [-0.2, -0.15) is 0 Å². The predicted molar refractivity (Wildman–Crippen MR) is 162 cm³/mol. The fourth-order valence-electron chi connectivity index (χ4n) is 6.89. The Kier molecular flexibility index (Phi) is 9.39. The number of nitrogens with one attached hydrogen (secondary N) is 1. The fourth-order valence-corrected chi connectivity index (χ4v) is 6.89. The summed E-state index contributed by atoms with van der Waals surface area (Å²) in [6.45, 7) is 7.17. The maximum atomic E-state index is 13.6. The van der Waals surface area contributed by atoms with Gasteiger partial charge in [-0.1, -0.05) is 50.7 Å². The van der Waals surface area contributed by atoms with Crippen LogP contribution in [0.5, 0.6) is 5.88 Å². The Morgan fingerprint density at radius 1 is 1.10 bits per heavy atom. The van der Waals surface area contributed by atoms with Gasteiger partial charge in [-0.25, -0.2) is 20.2 Å². The van der Waals surface area contributed by atoms with Crippen LogP contribution >= 0.6 is 0 Å². The van der Waals surface area contributed by atoms with Gasteiger partial charge in [0.15, 0.2) is 0 Å². The summed E-state index contributed by atoms with van der Waals surface area (Å²) < 4.78 is 11.0. The molecule has 0 radical (unpaired) electrons. The van der Waals surface area contributed by atoms with E-state index in [2.05, 4.69) is 41.4 Å². The summed E-state index contributed by atoms with van der Waals surface area (Å²) in [7, 11) is 1.47. The van der Waals surface area contributed by atoms with Crippen LogP contribution < -0.4 is 20.0 Å². The number of nitrogens with zero attached hydrogens (tertiary/aromatic N) is 4. The number of methoxy groups -OCH3 is 1. The molecule has 5 rings (SSSR count). The van der Waals surface area contributed by atoms with Crippen LogP contribution in [0.15, 0.2) is 42.6 Å². The maximum absolute atomic E-state index is 13.6. The van der Waals surface area contributed by atoms with Crippen molar-refractivity contribution in [2.75, 3.05) is 36.6 Å². The first-order chi connectivity index (χ1) is 20.2. The van der Waals surface area contributed by atoms with Crippen molar-refractivity contribution in [2.45, 2.75) is 102 Å². The SMILES string of the molecule is COC(O)N1c2ccc(C3CN(C(C)(C)CO)NC34CCCCCCCC4)cc2N(C(=O)Oc2ccccn2)C[C@@H]1C. The Labute approximate surface area is 249 Å². The van der Waals surface area contributed by atoms with Crippen LogP contribution in [0.25, 0.3) is 0 Å². The van der Waals surface area contributed by atoms with Crippen LogP contribution in [0.4, 0.5) is 16.2 Å². The van der Waals surface area contributed by atoms with Crippen molar-refractivity contribution >= 4 is 17.5 Å². The normalized spacial score (nSPS) is 24.0. The first-order valence-electron chi connectivity index (χ1n) is 15.4. The molecular weight excluding hydrogens is 534 g/mol. The van der Waals surface area contributed by atoms with Gasteiger partial charge >= 0.3 is 6.09 Å². The third kappa shape index (κ3) is 6.14. The maximum Gasteiger partial charge on any atom is 0.421 e. The molecule has 10 heteroatoms. The van der Waals surface area contributed by atoms with Gasteiger partial charge in [-0.3, -0.25) is 4.90 Å². The second kappa shape index (κ2) is 12.9. The highest BCUT2D eigenvalue weighted by Gasteiger charge is 2.50. The zero-order valence-electron chi connectivity index (χ0n) is 25.5. The van der Waals surface area contributed by atoms with Gasteiger partial charge < -0.3 is 24.6 Å². The molecule has 230 valence electrons. The van der Waals surface area contributed by atoms with Crippen LogP contribution in [0, 0.1) is 0 Å². The van der Waals surface area contributed by atoms with Crippen molar-refractivity contribution in [3.8, 4) is 5.88 Å². The average Bonchev–Trinajstić information content (AvgIpc) is 3.43. The van der Waals surface area contributed by atoms with E-state index in [4.69, 9.17) is 9.47 Å². The highest BCUT2D eigenvalue weighted by Crippen LogP contribution is 2.47. The first-order valence-corrected chi connectivity index (χ1v) is 15.4. The Balaban J connectivity index is 1.56. The monoisotopic (exact) mass is 581 g/mol. The van der Waals surface area contributed by atoms with Crippen LogP contribution in [0.2, 0.25) is 0 Å². The number of rotatable bonds is 6. The number of carbonyl (C=O) groups excluding carboxylic acids is 1. The second-order valence-electron chi connectivity index (χ2n) is 12.7. The molecule has 1 aromatic carbocycles. The minimum atomic E-state index is -1.16. The van der Waals surface area contributed by atoms with Crippen molar-refractivity contribution in [3.05, 3.63) is 48.2 Å². The topological polar surface area (TPSA) is 111 Å². The number of anilines is 2. The van der Waals surface area contributed by atoms with E-state index in [-0.39, 0.29) is 30.0 Å². The molecule has 1 spiro atoms. The number of hydrogen-bond acceptors (Lipinski definition) is 9. The molecule has 2 aromatic rings. The molecule has 2 fully saturated rings. The van der Waals surface area contributed by atoms with Gasteiger partial charge in [0.25, 0.3) is 0 Å². The summed E-state index contributed by atoms with van der Waals surface area (Å²) in [5.74, 6) is 0.374. The number of benzene rings is 1. The van der Waals surface area contributed by atoms with Crippen molar-refractivity contribution in [1.82, 2.24) is 15.4 Å². The summed E-state index contributed by atoms with van der Waals surface area (Å²) in [6.07, 6.45) is 9.29. The molecule has 10 nitrogen and oxygen atoms in total. The molecule has 3 N–H and O–H groups in total. The third-order valence-corrected chi connectivity index (χ3v) is 9.39. The lowest BCUT2D eigenvalue weighted by atomic mass is 9.74. The van der Waals surface area contributed by atoms with E-state index >= 15 is 0 Å². The molecule has 42 heavy (non-hydrogen) atoms. The molecule has 3 heterocycles. The summed E-state index contributed by atoms with van der Waals surface area (Å²) in [6, 6.07) is 11.2. The largest absolute Gasteiger partial charge is 0.421 e. The lowest BCUT2D eigenvalue weighted by Crippen LogP contribution is -2.56. The molecule has 1 amide bonds. The third-order valence-electron chi connectivity index (χ3n) is 9.39. The predicted octanol–water partition coefficient (Wildman–Crippen LogP) is 4.77. The Morgan fingerprint density at radius 2 is 1.81 bits per heavy atom. The van der Waals surface area contributed by atoms with E-state index < -0.39 is 18.0 Å². The lowest BCUT2D eigenvalue weighted by Gasteiger charge is -2.44. The smallest absolute Gasteiger partial charge is 0.394 e. The number of pyridine rings is 1. The van der Waals surface area contributed by atoms with Crippen molar-refractivity contribution in [2.24, 2.45) is 0 Å². The van der Waals surface area contributed by atoms with E-state index in [0.29, 0.717) is 17.9 Å². The molecule has 1 aromatic heterocycles. The van der Waals surface area contributed by atoms with Crippen LogP contribution in [0.3, 0.4) is 0 Å². The van der Waals surface area contributed by atoms with E-state index in [9.17, 15) is 15.0 Å². The molecule has 2 unspecified atom stereocenters. The van der Waals surface area contributed by atoms with Crippen molar-refractivity contribution in [1.29, 1.82) is 0 Å². The molecule has 1 saturated carbocycles. The molecule has 1 aliphatic carbocycles. The van der Waals surface area contributed by atoms with E-state index in [0.717, 1.165) is 37.8 Å². The van der Waals surface area contributed by atoms with E-state index in [1.54, 1.807) is 34.2 Å². The standard InChI is InChI=1S/C32H47N5O5/c1-23-20-35(29(39)42-28-13-9-12-18-33-28)27-19-24(14-15-26(27)37(23)30(40)41-4)25-21-36(31(2,3)22-38)34-32(25)16-10-7-5-6-8-11-17-32/h9,12-15,18-19,23,25,30,34,38,40H,5-8,10-11,16-17,20-22H2,1-4H3/t23-,25?,30?/m0/s1. The first kappa shape index (κ1) is 30.7. The zero-order valence-corrected chi connectivity index (χ0v) is 25.5.